The van der Waals surface area contributed by atoms with E-state index >= 15 is 0 Å². The smallest absolute Gasteiger partial charge is 0.321 e. The van der Waals surface area contributed by atoms with Crippen molar-refractivity contribution in [3.63, 3.8) is 0 Å². The van der Waals surface area contributed by atoms with Crippen molar-refractivity contribution in [1.29, 1.82) is 0 Å². The van der Waals surface area contributed by atoms with E-state index < -0.39 is 0 Å². The first kappa shape index (κ1) is 21.1. The van der Waals surface area contributed by atoms with Crippen LogP contribution in [0.25, 0.3) is 0 Å². The van der Waals surface area contributed by atoms with E-state index in [1.54, 1.807) is 12.4 Å². The monoisotopic (exact) mass is 446 g/mol. The van der Waals surface area contributed by atoms with Gasteiger partial charge in [-0.1, -0.05) is 30.4 Å². The number of nitrogens with one attached hydrogen (secondary N) is 2. The van der Waals surface area contributed by atoms with Crippen molar-refractivity contribution in [2.75, 3.05) is 37.8 Å². The highest BCUT2D eigenvalue weighted by atomic mass is 16.5. The van der Waals surface area contributed by atoms with Gasteiger partial charge in [-0.05, 0) is 12.1 Å². The third kappa shape index (κ3) is 5.35. The Hall–Kier alpha value is -3.79. The second-order valence-corrected chi connectivity index (χ2v) is 7.75. The minimum absolute atomic E-state index is 0.236. The Bertz CT molecular complexity index is 1060. The van der Waals surface area contributed by atoms with Crippen LogP contribution in [0.2, 0.25) is 0 Å². The Morgan fingerprint density at radius 1 is 1.18 bits per heavy atom. The van der Waals surface area contributed by atoms with Crippen LogP contribution in [-0.2, 0) is 11.2 Å². The van der Waals surface area contributed by atoms with Crippen LogP contribution in [0.3, 0.4) is 0 Å². The van der Waals surface area contributed by atoms with E-state index in [0.717, 1.165) is 11.4 Å². The molecule has 0 aromatic carbocycles. The molecule has 0 bridgehead atoms. The second-order valence-electron chi connectivity index (χ2n) is 7.75. The Kier molecular flexibility index (Phi) is 6.53. The lowest BCUT2D eigenvalue weighted by Crippen LogP contribution is -2.37. The third-order valence-corrected chi connectivity index (χ3v) is 5.53. The highest BCUT2D eigenvalue weighted by molar-refractivity contribution is 5.74. The van der Waals surface area contributed by atoms with E-state index in [4.69, 9.17) is 9.47 Å². The molecule has 1 saturated heterocycles. The minimum Gasteiger partial charge on any atom is -0.463 e. The van der Waals surface area contributed by atoms with E-state index in [9.17, 15) is 0 Å². The summed E-state index contributed by atoms with van der Waals surface area (Å²) in [6.07, 6.45) is 14.3. The summed E-state index contributed by atoms with van der Waals surface area (Å²) in [5.41, 5.74) is 5.06. The highest BCUT2D eigenvalue weighted by Crippen LogP contribution is 2.24. The van der Waals surface area contributed by atoms with Crippen LogP contribution in [0.15, 0.2) is 65.7 Å². The van der Waals surface area contributed by atoms with Gasteiger partial charge in [0, 0.05) is 43.5 Å². The van der Waals surface area contributed by atoms with E-state index in [0.29, 0.717) is 51.1 Å². The fraction of sp³-hybridized carbons (Fsp3) is 0.348. The zero-order chi connectivity index (χ0) is 22.3. The second kappa shape index (κ2) is 10.2. The number of allylic oxidation sites excluding steroid dienone is 2. The number of fused-ring (bicyclic) bond motifs is 1. The summed E-state index contributed by atoms with van der Waals surface area (Å²) in [6.45, 7) is 3.12. The molecule has 10 heteroatoms. The average Bonchev–Trinajstić information content (AvgIpc) is 3.28. The molecule has 1 fully saturated rings. The molecular weight excluding hydrogens is 420 g/mol. The number of anilines is 1. The summed E-state index contributed by atoms with van der Waals surface area (Å²) in [4.78, 5) is 19.9. The van der Waals surface area contributed by atoms with Crippen molar-refractivity contribution >= 4 is 12.2 Å². The van der Waals surface area contributed by atoms with Crippen LogP contribution in [0.1, 0.15) is 11.5 Å². The van der Waals surface area contributed by atoms with E-state index in [1.165, 1.54) is 0 Å². The fourth-order valence-corrected chi connectivity index (χ4v) is 3.80. The maximum absolute atomic E-state index is 5.85. The van der Waals surface area contributed by atoms with Crippen molar-refractivity contribution in [2.24, 2.45) is 11.0 Å². The lowest BCUT2D eigenvalue weighted by Gasteiger charge is -2.26. The Labute approximate surface area is 192 Å². The number of hydrogen-bond acceptors (Lipinski definition) is 10. The number of ether oxygens (including phenoxy) is 2. The van der Waals surface area contributed by atoms with Crippen molar-refractivity contribution < 1.29 is 9.47 Å². The first-order valence-corrected chi connectivity index (χ1v) is 11.1. The quantitative estimate of drug-likeness (QED) is 0.457. The van der Waals surface area contributed by atoms with Gasteiger partial charge >= 0.3 is 6.01 Å². The molecule has 0 saturated carbocycles. The van der Waals surface area contributed by atoms with Gasteiger partial charge in [0.25, 0.3) is 0 Å². The van der Waals surface area contributed by atoms with Gasteiger partial charge < -0.3 is 19.7 Å². The molecule has 10 nitrogen and oxygen atoms in total. The number of rotatable bonds is 8. The molecule has 0 radical (unpaired) electrons. The van der Waals surface area contributed by atoms with Crippen LogP contribution in [0, 0.1) is 5.92 Å². The van der Waals surface area contributed by atoms with Gasteiger partial charge in [-0.15, -0.1) is 0 Å². The molecule has 4 heterocycles. The summed E-state index contributed by atoms with van der Waals surface area (Å²) in [5.74, 6) is 1.22. The van der Waals surface area contributed by atoms with Crippen molar-refractivity contribution in [3.05, 3.63) is 72.1 Å². The van der Waals surface area contributed by atoms with Crippen molar-refractivity contribution in [1.82, 2.24) is 30.7 Å². The van der Waals surface area contributed by atoms with Gasteiger partial charge in [-0.2, -0.15) is 20.1 Å². The van der Waals surface area contributed by atoms with Gasteiger partial charge in [0.1, 0.15) is 0 Å². The lowest BCUT2D eigenvalue weighted by atomic mass is 9.95. The molecule has 2 aromatic heterocycles. The molecule has 0 spiro atoms. The number of hydrazone groups is 1. The molecule has 2 aromatic rings. The predicted octanol–water partition coefficient (Wildman–Crippen LogP) is 1.20. The molecule has 2 aliphatic heterocycles. The molecule has 33 heavy (non-hydrogen) atoms. The number of hydrogen-bond donors (Lipinski definition) is 2. The first-order chi connectivity index (χ1) is 16.3. The van der Waals surface area contributed by atoms with E-state index in [-0.39, 0.29) is 18.0 Å². The number of pyridine rings is 1. The van der Waals surface area contributed by atoms with Gasteiger partial charge in [0.2, 0.25) is 5.95 Å². The molecule has 3 aliphatic rings. The molecule has 0 amide bonds. The van der Waals surface area contributed by atoms with Crippen LogP contribution < -0.4 is 20.4 Å². The van der Waals surface area contributed by atoms with Crippen molar-refractivity contribution in [2.45, 2.75) is 12.5 Å². The SMILES string of the molecule is C1=CC2NC=C(N/N=C/c3nc(OCCc4ccccn4)nc(N4CCOCC4)n3)C2C=C1. The minimum atomic E-state index is 0.236. The van der Waals surface area contributed by atoms with Crippen molar-refractivity contribution in [3.8, 4) is 6.01 Å². The van der Waals surface area contributed by atoms with E-state index in [2.05, 4.69) is 52.8 Å². The topological polar surface area (TPSA) is 110 Å². The molecule has 2 unspecified atom stereocenters. The number of morpholine rings is 1. The average molecular weight is 447 g/mol. The molecule has 2 atom stereocenters. The summed E-state index contributed by atoms with van der Waals surface area (Å²) in [6, 6.07) is 6.35. The predicted molar refractivity (Wildman–Crippen MR) is 124 cm³/mol. The Morgan fingerprint density at radius 3 is 2.97 bits per heavy atom. The molecule has 1 aliphatic carbocycles. The molecule has 170 valence electrons. The number of nitrogens with zero attached hydrogens (tertiary/aromatic N) is 6. The summed E-state index contributed by atoms with van der Waals surface area (Å²) in [7, 11) is 0. The summed E-state index contributed by atoms with van der Waals surface area (Å²) >= 11 is 0. The van der Waals surface area contributed by atoms with Crippen LogP contribution in [0.4, 0.5) is 5.95 Å². The standard InChI is InChI=1S/C23H26N8O2/c1-2-7-19-18(6-1)20(15-25-19)30-26-16-21-27-22(31-10-13-32-14-11-31)29-23(28-21)33-12-8-17-5-3-4-9-24-17/h1-7,9,15-16,18-19,25,30H,8,10-14H2/b26-16+. The zero-order valence-corrected chi connectivity index (χ0v) is 18.2. The summed E-state index contributed by atoms with van der Waals surface area (Å²) in [5, 5.41) is 7.70. The van der Waals surface area contributed by atoms with Crippen LogP contribution in [0.5, 0.6) is 6.01 Å². The number of aromatic nitrogens is 4. The Morgan fingerprint density at radius 2 is 2.09 bits per heavy atom. The van der Waals surface area contributed by atoms with Crippen LogP contribution in [-0.4, -0.2) is 65.1 Å². The third-order valence-electron chi connectivity index (χ3n) is 5.53. The summed E-state index contributed by atoms with van der Waals surface area (Å²) < 4.78 is 11.3. The fourth-order valence-electron chi connectivity index (χ4n) is 3.80. The normalized spacial score (nSPS) is 21.6. The highest BCUT2D eigenvalue weighted by Gasteiger charge is 2.26. The zero-order valence-electron chi connectivity index (χ0n) is 18.2. The Balaban J connectivity index is 1.27. The molecular formula is C23H26N8O2. The van der Waals surface area contributed by atoms with Gasteiger partial charge in [-0.3, -0.25) is 10.4 Å². The van der Waals surface area contributed by atoms with Gasteiger partial charge in [-0.25, -0.2) is 0 Å². The van der Waals surface area contributed by atoms with E-state index in [1.807, 2.05) is 36.6 Å². The first-order valence-electron chi connectivity index (χ1n) is 11.1. The maximum Gasteiger partial charge on any atom is 0.321 e. The van der Waals surface area contributed by atoms with Crippen LogP contribution >= 0.6 is 0 Å². The maximum atomic E-state index is 5.85. The largest absolute Gasteiger partial charge is 0.463 e. The molecule has 5 rings (SSSR count). The molecule has 2 N–H and O–H groups in total. The van der Waals surface area contributed by atoms with Gasteiger partial charge in [0.15, 0.2) is 5.82 Å². The lowest BCUT2D eigenvalue weighted by molar-refractivity contribution is 0.122. The van der Waals surface area contributed by atoms with Gasteiger partial charge in [0.05, 0.1) is 37.8 Å².